The molecule has 0 aliphatic heterocycles. The summed E-state index contributed by atoms with van der Waals surface area (Å²) in [6, 6.07) is 7.91. The van der Waals surface area contributed by atoms with Crippen molar-refractivity contribution in [1.82, 2.24) is 0 Å². The van der Waals surface area contributed by atoms with Crippen LogP contribution in [0, 0.1) is 11.3 Å². The van der Waals surface area contributed by atoms with E-state index in [2.05, 4.69) is 0 Å². The van der Waals surface area contributed by atoms with Crippen LogP contribution in [-0.4, -0.2) is 11.8 Å². The van der Waals surface area contributed by atoms with E-state index >= 15 is 0 Å². The molecule has 0 bridgehead atoms. The largest absolute Gasteiger partial charge is 0.366 e. The Balaban J connectivity index is 3.16. The van der Waals surface area contributed by atoms with Crippen molar-refractivity contribution < 1.29 is 9.59 Å². The van der Waals surface area contributed by atoms with Gasteiger partial charge in [-0.15, -0.1) is 0 Å². The molecule has 1 rings (SSSR count). The Hall–Kier alpha value is -2.61. The van der Waals surface area contributed by atoms with Crippen LogP contribution in [-0.2, 0) is 4.79 Å². The minimum Gasteiger partial charge on any atom is -0.366 e. The van der Waals surface area contributed by atoms with Crippen LogP contribution in [0.3, 0.4) is 0 Å². The van der Waals surface area contributed by atoms with Gasteiger partial charge < -0.3 is 11.5 Å². The topological polar surface area (TPSA) is 110 Å². The third-order valence-corrected chi connectivity index (χ3v) is 1.87. The number of amides is 2. The molecule has 2 amide bonds. The summed E-state index contributed by atoms with van der Waals surface area (Å²) in [5.74, 6) is -1.39. The van der Waals surface area contributed by atoms with E-state index < -0.39 is 11.8 Å². The van der Waals surface area contributed by atoms with Crippen LogP contribution in [0.25, 0.3) is 6.08 Å². The molecule has 0 spiro atoms. The molecule has 0 saturated carbocycles. The summed E-state index contributed by atoms with van der Waals surface area (Å²) in [6.07, 6.45) is 1.30. The van der Waals surface area contributed by atoms with E-state index in [9.17, 15) is 9.59 Å². The maximum Gasteiger partial charge on any atom is 0.259 e. The lowest BCUT2D eigenvalue weighted by atomic mass is 10.1. The maximum absolute atomic E-state index is 10.9. The summed E-state index contributed by atoms with van der Waals surface area (Å²) in [6.45, 7) is 0. The fourth-order valence-electron chi connectivity index (χ4n) is 1.11. The van der Waals surface area contributed by atoms with Crippen molar-refractivity contribution in [2.75, 3.05) is 0 Å². The van der Waals surface area contributed by atoms with Gasteiger partial charge in [-0.05, 0) is 23.8 Å². The van der Waals surface area contributed by atoms with Gasteiger partial charge in [-0.2, -0.15) is 5.26 Å². The lowest BCUT2D eigenvalue weighted by Crippen LogP contribution is -2.13. The fraction of sp³-hybridized carbons (Fsp3) is 0. The second-order valence-corrected chi connectivity index (χ2v) is 3.02. The second kappa shape index (κ2) is 4.75. The highest BCUT2D eigenvalue weighted by atomic mass is 16.1. The lowest BCUT2D eigenvalue weighted by Gasteiger charge is -1.98. The number of nitrogens with zero attached hydrogens (tertiary/aromatic N) is 1. The number of rotatable bonds is 3. The number of carbonyl (C=O) groups excluding carboxylic acids is 2. The van der Waals surface area contributed by atoms with E-state index in [1.54, 1.807) is 18.2 Å². The molecule has 0 atom stereocenters. The lowest BCUT2D eigenvalue weighted by molar-refractivity contribution is -0.114. The Morgan fingerprint density at radius 1 is 1.31 bits per heavy atom. The summed E-state index contributed by atoms with van der Waals surface area (Å²) in [4.78, 5) is 21.7. The second-order valence-electron chi connectivity index (χ2n) is 3.02. The monoisotopic (exact) mass is 215 g/mol. The zero-order valence-electron chi connectivity index (χ0n) is 8.31. The first-order chi connectivity index (χ1) is 7.54. The smallest absolute Gasteiger partial charge is 0.259 e. The summed E-state index contributed by atoms with van der Waals surface area (Å²) >= 11 is 0. The Morgan fingerprint density at radius 3 is 2.50 bits per heavy atom. The number of hydrogen-bond donors (Lipinski definition) is 2. The van der Waals surface area contributed by atoms with Crippen LogP contribution >= 0.6 is 0 Å². The van der Waals surface area contributed by atoms with Crippen LogP contribution in [0.2, 0.25) is 0 Å². The predicted molar refractivity (Wildman–Crippen MR) is 57.7 cm³/mol. The number of nitriles is 1. The quantitative estimate of drug-likeness (QED) is 0.554. The fourth-order valence-corrected chi connectivity index (χ4v) is 1.11. The molecule has 0 radical (unpaired) electrons. The molecule has 16 heavy (non-hydrogen) atoms. The third kappa shape index (κ3) is 2.69. The van der Waals surface area contributed by atoms with Crippen LogP contribution < -0.4 is 11.5 Å². The number of primary amides is 2. The molecular weight excluding hydrogens is 206 g/mol. The summed E-state index contributed by atoms with van der Waals surface area (Å²) in [5, 5.41) is 8.63. The van der Waals surface area contributed by atoms with E-state index in [0.717, 1.165) is 0 Å². The van der Waals surface area contributed by atoms with Crippen LogP contribution in [0.4, 0.5) is 0 Å². The third-order valence-electron chi connectivity index (χ3n) is 1.87. The highest BCUT2D eigenvalue weighted by Crippen LogP contribution is 2.09. The molecular formula is C11H9N3O2. The molecule has 1 aromatic carbocycles. The minimum atomic E-state index is -0.813. The Labute approximate surface area is 92.0 Å². The first-order valence-electron chi connectivity index (χ1n) is 4.36. The van der Waals surface area contributed by atoms with Gasteiger partial charge in [-0.3, -0.25) is 9.59 Å². The van der Waals surface area contributed by atoms with E-state index in [1.807, 2.05) is 0 Å². The molecule has 4 N–H and O–H groups in total. The highest BCUT2D eigenvalue weighted by Gasteiger charge is 2.04. The van der Waals surface area contributed by atoms with Crippen LogP contribution in [0.5, 0.6) is 0 Å². The van der Waals surface area contributed by atoms with Gasteiger partial charge in [0.25, 0.3) is 5.91 Å². The van der Waals surface area contributed by atoms with Crippen molar-refractivity contribution in [3.05, 3.63) is 41.0 Å². The van der Waals surface area contributed by atoms with Crippen LogP contribution in [0.1, 0.15) is 15.9 Å². The first kappa shape index (κ1) is 11.5. The minimum absolute atomic E-state index is 0.179. The van der Waals surface area contributed by atoms with Crippen molar-refractivity contribution in [2.45, 2.75) is 0 Å². The summed E-state index contributed by atoms with van der Waals surface area (Å²) < 4.78 is 0. The maximum atomic E-state index is 10.9. The van der Waals surface area contributed by atoms with Crippen molar-refractivity contribution in [3.63, 3.8) is 0 Å². The molecule has 5 heteroatoms. The van der Waals surface area contributed by atoms with E-state index in [-0.39, 0.29) is 5.57 Å². The van der Waals surface area contributed by atoms with Gasteiger partial charge in [-0.25, -0.2) is 0 Å². The molecule has 0 unspecified atom stereocenters. The summed E-state index contributed by atoms with van der Waals surface area (Å²) in [7, 11) is 0. The number of benzene rings is 1. The van der Waals surface area contributed by atoms with E-state index in [4.69, 9.17) is 16.7 Å². The SMILES string of the molecule is N#C/C(=C\c1cccc(C(N)=O)c1)C(N)=O. The molecule has 0 heterocycles. The van der Waals surface area contributed by atoms with Crippen LogP contribution in [0.15, 0.2) is 29.8 Å². The molecule has 1 aromatic rings. The predicted octanol–water partition coefficient (Wildman–Crippen LogP) is 0.178. The zero-order valence-corrected chi connectivity index (χ0v) is 8.31. The number of hydrogen-bond acceptors (Lipinski definition) is 3. The van der Waals surface area contributed by atoms with Gasteiger partial charge in [0.05, 0.1) is 0 Å². The van der Waals surface area contributed by atoms with Gasteiger partial charge in [0.2, 0.25) is 5.91 Å². The Morgan fingerprint density at radius 2 is 2.00 bits per heavy atom. The molecule has 0 aromatic heterocycles. The normalized spacial score (nSPS) is 10.6. The van der Waals surface area contributed by atoms with Gasteiger partial charge >= 0.3 is 0 Å². The molecule has 0 aliphatic carbocycles. The highest BCUT2D eigenvalue weighted by molar-refractivity contribution is 6.01. The Kier molecular flexibility index (Phi) is 3.41. The molecule has 80 valence electrons. The molecule has 0 aliphatic rings. The van der Waals surface area contributed by atoms with E-state index in [1.165, 1.54) is 18.2 Å². The van der Waals surface area contributed by atoms with Gasteiger partial charge in [0.1, 0.15) is 11.6 Å². The van der Waals surface area contributed by atoms with Gasteiger partial charge in [0.15, 0.2) is 0 Å². The zero-order chi connectivity index (χ0) is 12.1. The van der Waals surface area contributed by atoms with Crippen molar-refractivity contribution in [2.24, 2.45) is 11.5 Å². The molecule has 0 fully saturated rings. The average molecular weight is 215 g/mol. The average Bonchev–Trinajstić information content (AvgIpc) is 2.25. The number of carbonyl (C=O) groups is 2. The molecule has 5 nitrogen and oxygen atoms in total. The Bertz CT molecular complexity index is 512. The standard InChI is InChI=1S/C11H9N3O2/c12-6-9(11(14)16)5-7-2-1-3-8(4-7)10(13)15/h1-5H,(H2,13,15)(H2,14,16)/b9-5+. The van der Waals surface area contributed by atoms with E-state index in [0.29, 0.717) is 11.1 Å². The van der Waals surface area contributed by atoms with Crippen molar-refractivity contribution >= 4 is 17.9 Å². The van der Waals surface area contributed by atoms with Gasteiger partial charge in [0, 0.05) is 5.56 Å². The first-order valence-corrected chi connectivity index (χ1v) is 4.36. The van der Waals surface area contributed by atoms with Crippen molar-refractivity contribution in [1.29, 1.82) is 5.26 Å². The molecule has 0 saturated heterocycles. The summed E-state index contributed by atoms with van der Waals surface area (Å²) in [5.41, 5.74) is 10.7. The van der Waals surface area contributed by atoms with Crippen molar-refractivity contribution in [3.8, 4) is 6.07 Å². The van der Waals surface area contributed by atoms with Gasteiger partial charge in [-0.1, -0.05) is 12.1 Å². The number of nitrogens with two attached hydrogens (primary N) is 2.